The number of aromatic nitrogens is 3. The molecule has 6 heteroatoms. The van der Waals surface area contributed by atoms with E-state index in [0.29, 0.717) is 28.5 Å². The topological polar surface area (TPSA) is 70.8 Å². The van der Waals surface area contributed by atoms with Crippen molar-refractivity contribution in [3.8, 4) is 5.75 Å². The van der Waals surface area contributed by atoms with Crippen LogP contribution in [-0.4, -0.2) is 22.3 Å². The third-order valence-corrected chi connectivity index (χ3v) is 3.38. The van der Waals surface area contributed by atoms with Crippen molar-refractivity contribution in [2.24, 2.45) is 0 Å². The van der Waals surface area contributed by atoms with Gasteiger partial charge < -0.3 is 9.72 Å². The lowest BCUT2D eigenvalue weighted by molar-refractivity contribution is 0.419. The van der Waals surface area contributed by atoms with E-state index in [1.807, 2.05) is 6.92 Å². The third-order valence-electron chi connectivity index (χ3n) is 3.38. The number of H-pyrrole nitrogens is 2. The number of rotatable bonds is 3. The molecule has 0 fully saturated rings. The second-order valence-corrected chi connectivity index (χ2v) is 4.63. The number of benzene rings is 1. The second-order valence-electron chi connectivity index (χ2n) is 4.63. The summed E-state index contributed by atoms with van der Waals surface area (Å²) in [5.41, 5.74) is 0.994. The van der Waals surface area contributed by atoms with Crippen molar-refractivity contribution in [1.29, 1.82) is 0 Å². The van der Waals surface area contributed by atoms with Crippen LogP contribution in [0.1, 0.15) is 19.0 Å². The van der Waals surface area contributed by atoms with E-state index in [4.69, 9.17) is 4.74 Å². The quantitative estimate of drug-likeness (QED) is 0.771. The van der Waals surface area contributed by atoms with Gasteiger partial charge in [-0.2, -0.15) is 5.10 Å². The van der Waals surface area contributed by atoms with Crippen LogP contribution in [0.4, 0.5) is 4.39 Å². The second kappa shape index (κ2) is 4.63. The first-order chi connectivity index (χ1) is 9.67. The molecule has 0 aliphatic rings. The van der Waals surface area contributed by atoms with Gasteiger partial charge in [-0.25, -0.2) is 4.39 Å². The molecule has 0 atom stereocenters. The van der Waals surface area contributed by atoms with E-state index >= 15 is 0 Å². The molecule has 1 aromatic carbocycles. The zero-order chi connectivity index (χ0) is 14.3. The number of fused-ring (bicyclic) bond motifs is 3. The van der Waals surface area contributed by atoms with E-state index < -0.39 is 5.82 Å². The Bertz CT molecular complexity index is 851. The average molecular weight is 275 g/mol. The standard InChI is InChI=1S/C14H14FN3O2/c1-3-4-8-10-13(18-17-8)11-9(20-2)6-5-7(15)12(11)16-14(10)19/h5-6H,3-4H2,1-2H3,(H,16,19)(H,17,18). The molecular weight excluding hydrogens is 261 g/mol. The van der Waals surface area contributed by atoms with Crippen LogP contribution in [0, 0.1) is 5.82 Å². The van der Waals surface area contributed by atoms with Gasteiger partial charge in [0.15, 0.2) is 0 Å². The number of nitrogens with zero attached hydrogens (tertiary/aromatic N) is 1. The molecule has 0 spiro atoms. The number of pyridine rings is 1. The lowest BCUT2D eigenvalue weighted by Crippen LogP contribution is -2.08. The summed E-state index contributed by atoms with van der Waals surface area (Å²) in [5.74, 6) is -0.0166. The summed E-state index contributed by atoms with van der Waals surface area (Å²) in [6.45, 7) is 2.02. The van der Waals surface area contributed by atoms with Crippen LogP contribution in [0.3, 0.4) is 0 Å². The van der Waals surface area contributed by atoms with E-state index in [-0.39, 0.29) is 11.1 Å². The summed E-state index contributed by atoms with van der Waals surface area (Å²) in [6.07, 6.45) is 1.60. The van der Waals surface area contributed by atoms with Crippen molar-refractivity contribution < 1.29 is 9.13 Å². The van der Waals surface area contributed by atoms with Crippen LogP contribution in [0.2, 0.25) is 0 Å². The highest BCUT2D eigenvalue weighted by Gasteiger charge is 2.17. The van der Waals surface area contributed by atoms with Gasteiger partial charge >= 0.3 is 0 Å². The number of hydrogen-bond acceptors (Lipinski definition) is 3. The highest BCUT2D eigenvalue weighted by Crippen LogP contribution is 2.31. The van der Waals surface area contributed by atoms with Crippen molar-refractivity contribution in [1.82, 2.24) is 15.2 Å². The molecule has 0 amide bonds. The predicted octanol–water partition coefficient (Wildman–Crippen LogP) is 2.50. The highest BCUT2D eigenvalue weighted by atomic mass is 19.1. The molecule has 2 N–H and O–H groups in total. The molecule has 104 valence electrons. The molecule has 20 heavy (non-hydrogen) atoms. The minimum Gasteiger partial charge on any atom is -0.496 e. The number of aromatic amines is 2. The molecule has 0 saturated carbocycles. The predicted molar refractivity (Wildman–Crippen MR) is 74.7 cm³/mol. The first-order valence-electron chi connectivity index (χ1n) is 6.42. The number of nitrogens with one attached hydrogen (secondary N) is 2. The number of halogens is 1. The zero-order valence-electron chi connectivity index (χ0n) is 11.2. The molecule has 0 bridgehead atoms. The normalized spacial score (nSPS) is 11.3. The van der Waals surface area contributed by atoms with Crippen LogP contribution in [0.25, 0.3) is 21.8 Å². The van der Waals surface area contributed by atoms with Crippen LogP contribution in [-0.2, 0) is 6.42 Å². The van der Waals surface area contributed by atoms with Crippen molar-refractivity contribution in [3.05, 3.63) is 34.0 Å². The molecule has 2 aromatic heterocycles. The Morgan fingerprint density at radius 3 is 2.85 bits per heavy atom. The Labute approximate surface area is 113 Å². The van der Waals surface area contributed by atoms with E-state index in [2.05, 4.69) is 15.2 Å². The van der Waals surface area contributed by atoms with E-state index in [0.717, 1.165) is 12.1 Å². The van der Waals surface area contributed by atoms with E-state index in [1.165, 1.54) is 19.2 Å². The third kappa shape index (κ3) is 1.68. The van der Waals surface area contributed by atoms with Gasteiger partial charge in [0.1, 0.15) is 17.1 Å². The molecule has 0 aliphatic carbocycles. The lowest BCUT2D eigenvalue weighted by Gasteiger charge is -2.06. The molecule has 3 aromatic rings. The maximum Gasteiger partial charge on any atom is 0.259 e. The Morgan fingerprint density at radius 2 is 2.15 bits per heavy atom. The van der Waals surface area contributed by atoms with Crippen LogP contribution >= 0.6 is 0 Å². The maximum atomic E-state index is 13.9. The molecule has 2 heterocycles. The van der Waals surface area contributed by atoms with Gasteiger partial charge in [-0.1, -0.05) is 13.3 Å². The smallest absolute Gasteiger partial charge is 0.259 e. The van der Waals surface area contributed by atoms with Crippen LogP contribution in [0.5, 0.6) is 5.75 Å². The molecule has 5 nitrogen and oxygen atoms in total. The maximum absolute atomic E-state index is 13.9. The number of hydrogen-bond donors (Lipinski definition) is 2. The van der Waals surface area contributed by atoms with Crippen LogP contribution in [0.15, 0.2) is 16.9 Å². The molecule has 0 saturated heterocycles. The van der Waals surface area contributed by atoms with Gasteiger partial charge in [-0.3, -0.25) is 9.89 Å². The molecule has 0 radical (unpaired) electrons. The van der Waals surface area contributed by atoms with Gasteiger partial charge in [0, 0.05) is 5.69 Å². The van der Waals surface area contributed by atoms with E-state index in [9.17, 15) is 9.18 Å². The Morgan fingerprint density at radius 1 is 1.35 bits per heavy atom. The SMILES string of the molecule is CCCc1[nH]nc2c1c(=O)[nH]c1c(F)ccc(OC)c12. The highest BCUT2D eigenvalue weighted by molar-refractivity contribution is 6.07. The molecule has 0 unspecified atom stereocenters. The van der Waals surface area contributed by atoms with Crippen molar-refractivity contribution >= 4 is 21.8 Å². The number of ether oxygens (including phenoxy) is 1. The molecule has 3 rings (SSSR count). The first kappa shape index (κ1) is 12.7. The summed E-state index contributed by atoms with van der Waals surface area (Å²) in [7, 11) is 1.50. The minimum atomic E-state index is -0.500. The first-order valence-corrected chi connectivity index (χ1v) is 6.42. The fourth-order valence-electron chi connectivity index (χ4n) is 2.50. The number of aryl methyl sites for hydroxylation is 1. The van der Waals surface area contributed by atoms with Crippen molar-refractivity contribution in [2.75, 3.05) is 7.11 Å². The van der Waals surface area contributed by atoms with Gasteiger partial charge in [0.05, 0.1) is 23.4 Å². The van der Waals surface area contributed by atoms with Gasteiger partial charge in [-0.05, 0) is 18.6 Å². The van der Waals surface area contributed by atoms with Crippen molar-refractivity contribution in [2.45, 2.75) is 19.8 Å². The van der Waals surface area contributed by atoms with Gasteiger partial charge in [0.25, 0.3) is 5.56 Å². The number of methoxy groups -OCH3 is 1. The molecular formula is C14H14FN3O2. The summed E-state index contributed by atoms with van der Waals surface area (Å²) in [6, 6.07) is 2.80. The Balaban J connectivity index is 2.52. The fourth-order valence-corrected chi connectivity index (χ4v) is 2.50. The van der Waals surface area contributed by atoms with Gasteiger partial charge in [0.2, 0.25) is 0 Å². The monoisotopic (exact) mass is 275 g/mol. The largest absolute Gasteiger partial charge is 0.496 e. The van der Waals surface area contributed by atoms with E-state index in [1.54, 1.807) is 0 Å². The van der Waals surface area contributed by atoms with Crippen molar-refractivity contribution in [3.63, 3.8) is 0 Å². The minimum absolute atomic E-state index is 0.122. The Hall–Kier alpha value is -2.37. The summed E-state index contributed by atoms with van der Waals surface area (Å²) in [4.78, 5) is 14.8. The fraction of sp³-hybridized carbons (Fsp3) is 0.286. The zero-order valence-corrected chi connectivity index (χ0v) is 11.2. The summed E-state index contributed by atoms with van der Waals surface area (Å²) in [5, 5.41) is 8.02. The summed E-state index contributed by atoms with van der Waals surface area (Å²) < 4.78 is 19.2. The molecule has 0 aliphatic heterocycles. The van der Waals surface area contributed by atoms with Crippen LogP contribution < -0.4 is 10.3 Å². The van der Waals surface area contributed by atoms with Gasteiger partial charge in [-0.15, -0.1) is 0 Å². The Kier molecular flexibility index (Phi) is 2.93. The average Bonchev–Trinajstić information content (AvgIpc) is 2.85. The lowest BCUT2D eigenvalue weighted by atomic mass is 10.1. The summed E-state index contributed by atoms with van der Waals surface area (Å²) >= 11 is 0.